The molecule has 0 aliphatic carbocycles. The summed E-state index contributed by atoms with van der Waals surface area (Å²) in [5, 5.41) is 6.67. The zero-order chi connectivity index (χ0) is 11.3. The van der Waals surface area contributed by atoms with Gasteiger partial charge in [0.2, 0.25) is 5.91 Å². The zero-order valence-electron chi connectivity index (χ0n) is 9.46. The molecular weight excluding hydrogens is 230 g/mol. The lowest BCUT2D eigenvalue weighted by atomic mass is 10.1. The molecule has 0 aromatic carbocycles. The molecule has 1 atom stereocenters. The zero-order valence-corrected chi connectivity index (χ0v) is 10.3. The SMILES string of the molecule is CC(C)C(N)C(=O)NCCn1cncn1.Cl. The molecule has 16 heavy (non-hydrogen) atoms. The number of hydrogen-bond acceptors (Lipinski definition) is 4. The Balaban J connectivity index is 0.00000225. The Hall–Kier alpha value is -1.14. The van der Waals surface area contributed by atoms with E-state index in [0.29, 0.717) is 13.1 Å². The molecule has 0 aliphatic rings. The maximum atomic E-state index is 11.4. The number of hydrogen-bond donors (Lipinski definition) is 2. The Morgan fingerprint density at radius 2 is 2.25 bits per heavy atom. The highest BCUT2D eigenvalue weighted by molar-refractivity contribution is 5.85. The molecule has 92 valence electrons. The molecule has 0 saturated heterocycles. The minimum Gasteiger partial charge on any atom is -0.353 e. The van der Waals surface area contributed by atoms with Gasteiger partial charge in [0.05, 0.1) is 12.6 Å². The Bertz CT molecular complexity index is 301. The highest BCUT2D eigenvalue weighted by Crippen LogP contribution is 1.97. The largest absolute Gasteiger partial charge is 0.353 e. The van der Waals surface area contributed by atoms with Crippen LogP contribution in [-0.4, -0.2) is 33.3 Å². The van der Waals surface area contributed by atoms with Crippen LogP contribution in [0.1, 0.15) is 13.8 Å². The molecule has 1 aromatic rings. The second-order valence-electron chi connectivity index (χ2n) is 3.72. The average Bonchev–Trinajstić information content (AvgIpc) is 2.69. The lowest BCUT2D eigenvalue weighted by Crippen LogP contribution is -2.44. The van der Waals surface area contributed by atoms with E-state index in [0.717, 1.165) is 0 Å². The van der Waals surface area contributed by atoms with E-state index in [1.807, 2.05) is 13.8 Å². The number of carbonyl (C=O) groups is 1. The van der Waals surface area contributed by atoms with Crippen LogP contribution in [0.15, 0.2) is 12.7 Å². The van der Waals surface area contributed by atoms with E-state index in [9.17, 15) is 4.79 Å². The molecule has 0 aliphatic heterocycles. The van der Waals surface area contributed by atoms with Gasteiger partial charge in [0.15, 0.2) is 0 Å². The van der Waals surface area contributed by atoms with Crippen molar-refractivity contribution in [3.8, 4) is 0 Å². The average molecular weight is 248 g/mol. The number of nitrogens with zero attached hydrogens (tertiary/aromatic N) is 3. The second-order valence-corrected chi connectivity index (χ2v) is 3.72. The minimum atomic E-state index is -0.444. The van der Waals surface area contributed by atoms with Gasteiger partial charge in [0.25, 0.3) is 0 Å². The van der Waals surface area contributed by atoms with Crippen LogP contribution in [-0.2, 0) is 11.3 Å². The Morgan fingerprint density at radius 3 is 2.75 bits per heavy atom. The number of nitrogens with two attached hydrogens (primary N) is 1. The number of aromatic nitrogens is 3. The predicted molar refractivity (Wildman–Crippen MR) is 63.1 cm³/mol. The maximum Gasteiger partial charge on any atom is 0.237 e. The third-order valence-corrected chi connectivity index (χ3v) is 2.13. The van der Waals surface area contributed by atoms with Crippen molar-refractivity contribution in [2.45, 2.75) is 26.4 Å². The van der Waals surface area contributed by atoms with Gasteiger partial charge < -0.3 is 11.1 Å². The molecule has 3 N–H and O–H groups in total. The van der Waals surface area contributed by atoms with Crippen molar-refractivity contribution in [3.63, 3.8) is 0 Å². The van der Waals surface area contributed by atoms with E-state index in [-0.39, 0.29) is 24.2 Å². The van der Waals surface area contributed by atoms with E-state index >= 15 is 0 Å². The molecule has 1 amide bonds. The van der Waals surface area contributed by atoms with Gasteiger partial charge >= 0.3 is 0 Å². The summed E-state index contributed by atoms with van der Waals surface area (Å²) < 4.78 is 1.65. The highest BCUT2D eigenvalue weighted by atomic mass is 35.5. The number of amides is 1. The van der Waals surface area contributed by atoms with Crippen LogP contribution in [0.5, 0.6) is 0 Å². The molecule has 1 rings (SSSR count). The van der Waals surface area contributed by atoms with Crippen LogP contribution in [0.3, 0.4) is 0 Å². The molecule has 0 radical (unpaired) electrons. The summed E-state index contributed by atoms with van der Waals surface area (Å²) in [6.45, 7) is 4.96. The summed E-state index contributed by atoms with van der Waals surface area (Å²) in [7, 11) is 0. The first kappa shape index (κ1) is 14.9. The van der Waals surface area contributed by atoms with Crippen LogP contribution in [0.2, 0.25) is 0 Å². The molecular formula is C9H18ClN5O. The van der Waals surface area contributed by atoms with Crippen molar-refractivity contribution in [1.29, 1.82) is 0 Å². The Kier molecular flexibility index (Phi) is 6.67. The Labute approximate surface area is 101 Å². The van der Waals surface area contributed by atoms with E-state index in [1.165, 1.54) is 6.33 Å². The van der Waals surface area contributed by atoms with Gasteiger partial charge in [-0.3, -0.25) is 9.48 Å². The highest BCUT2D eigenvalue weighted by Gasteiger charge is 2.16. The van der Waals surface area contributed by atoms with Gasteiger partial charge in [0.1, 0.15) is 12.7 Å². The molecule has 0 bridgehead atoms. The number of carbonyl (C=O) groups excluding carboxylic acids is 1. The summed E-state index contributed by atoms with van der Waals surface area (Å²) in [4.78, 5) is 15.2. The normalized spacial score (nSPS) is 12.0. The monoisotopic (exact) mass is 247 g/mol. The molecule has 1 heterocycles. The van der Waals surface area contributed by atoms with Crippen LogP contribution in [0.25, 0.3) is 0 Å². The summed E-state index contributed by atoms with van der Waals surface area (Å²) in [6.07, 6.45) is 3.07. The first-order valence-electron chi connectivity index (χ1n) is 4.97. The predicted octanol–water partition coefficient (Wildman–Crippen LogP) is -0.201. The number of halogens is 1. The standard InChI is InChI=1S/C9H17N5O.ClH/c1-7(2)8(10)9(15)12-3-4-14-6-11-5-13-14;/h5-8H,3-4,10H2,1-2H3,(H,12,15);1H. The van der Waals surface area contributed by atoms with E-state index in [1.54, 1.807) is 11.0 Å². The third-order valence-electron chi connectivity index (χ3n) is 2.13. The third kappa shape index (κ3) is 4.59. The Morgan fingerprint density at radius 1 is 1.56 bits per heavy atom. The summed E-state index contributed by atoms with van der Waals surface area (Å²) >= 11 is 0. The van der Waals surface area contributed by atoms with Gasteiger partial charge in [-0.1, -0.05) is 13.8 Å². The van der Waals surface area contributed by atoms with E-state index in [4.69, 9.17) is 5.73 Å². The maximum absolute atomic E-state index is 11.4. The molecule has 1 aromatic heterocycles. The first-order chi connectivity index (χ1) is 7.11. The molecule has 1 unspecified atom stereocenters. The summed E-state index contributed by atoms with van der Waals surface area (Å²) in [5.74, 6) is 0.0292. The molecule has 0 saturated carbocycles. The van der Waals surface area contributed by atoms with Crippen molar-refractivity contribution in [3.05, 3.63) is 12.7 Å². The van der Waals surface area contributed by atoms with Gasteiger partial charge in [-0.15, -0.1) is 12.4 Å². The molecule has 7 heteroatoms. The van der Waals surface area contributed by atoms with Crippen LogP contribution in [0, 0.1) is 5.92 Å². The molecule has 0 spiro atoms. The lowest BCUT2D eigenvalue weighted by molar-refractivity contribution is -0.123. The van der Waals surface area contributed by atoms with Gasteiger partial charge in [-0.05, 0) is 5.92 Å². The van der Waals surface area contributed by atoms with Crippen molar-refractivity contribution >= 4 is 18.3 Å². The van der Waals surface area contributed by atoms with Crippen LogP contribution >= 0.6 is 12.4 Å². The van der Waals surface area contributed by atoms with E-state index in [2.05, 4.69) is 15.4 Å². The number of rotatable bonds is 5. The quantitative estimate of drug-likeness (QED) is 0.755. The fraction of sp³-hybridized carbons (Fsp3) is 0.667. The smallest absolute Gasteiger partial charge is 0.237 e. The van der Waals surface area contributed by atoms with Gasteiger partial charge in [-0.25, -0.2) is 4.98 Å². The fourth-order valence-corrected chi connectivity index (χ4v) is 1.06. The fourth-order valence-electron chi connectivity index (χ4n) is 1.06. The molecule has 0 fully saturated rings. The van der Waals surface area contributed by atoms with Crippen molar-refractivity contribution < 1.29 is 4.79 Å². The van der Waals surface area contributed by atoms with Crippen LogP contribution in [0.4, 0.5) is 0 Å². The minimum absolute atomic E-state index is 0. The summed E-state index contributed by atoms with van der Waals surface area (Å²) in [5.41, 5.74) is 5.67. The van der Waals surface area contributed by atoms with E-state index < -0.39 is 6.04 Å². The van der Waals surface area contributed by atoms with Crippen molar-refractivity contribution in [2.24, 2.45) is 11.7 Å². The van der Waals surface area contributed by atoms with Crippen LogP contribution < -0.4 is 11.1 Å². The lowest BCUT2D eigenvalue weighted by Gasteiger charge is -2.15. The van der Waals surface area contributed by atoms with Crippen molar-refractivity contribution in [1.82, 2.24) is 20.1 Å². The first-order valence-corrected chi connectivity index (χ1v) is 4.97. The van der Waals surface area contributed by atoms with Gasteiger partial charge in [-0.2, -0.15) is 5.10 Å². The topological polar surface area (TPSA) is 85.8 Å². The van der Waals surface area contributed by atoms with Crippen molar-refractivity contribution in [2.75, 3.05) is 6.54 Å². The van der Waals surface area contributed by atoms with Gasteiger partial charge in [0, 0.05) is 6.54 Å². The summed E-state index contributed by atoms with van der Waals surface area (Å²) in [6, 6.07) is -0.444. The second kappa shape index (κ2) is 7.19. The molecule has 6 nitrogen and oxygen atoms in total. The number of nitrogens with one attached hydrogen (secondary N) is 1.